The van der Waals surface area contributed by atoms with E-state index in [9.17, 15) is 20.2 Å². The van der Waals surface area contributed by atoms with Gasteiger partial charge in [0.2, 0.25) is 0 Å². The van der Waals surface area contributed by atoms with Gasteiger partial charge in [0.05, 0.1) is 36.2 Å². The first-order valence-corrected chi connectivity index (χ1v) is 12.0. The van der Waals surface area contributed by atoms with Gasteiger partial charge in [-0.05, 0) is 29.4 Å². The number of carboxylic acid groups (broad SMARTS) is 2. The van der Waals surface area contributed by atoms with Gasteiger partial charge in [-0.2, -0.15) is 0 Å². The van der Waals surface area contributed by atoms with Crippen LogP contribution in [0.25, 0.3) is 0 Å². The van der Waals surface area contributed by atoms with Crippen LogP contribution in [0.2, 0.25) is 0 Å². The number of carbonyl (C=O) groups excluding carboxylic acids is 1. The maximum Gasteiger partial charge on any atom is 1.00 e. The van der Waals surface area contributed by atoms with E-state index in [1.807, 2.05) is 60.7 Å². The fourth-order valence-electron chi connectivity index (χ4n) is 3.25. The summed E-state index contributed by atoms with van der Waals surface area (Å²) in [5.41, 5.74) is 1.92. The Kier molecular flexibility index (Phi) is 21.5. The third-order valence-corrected chi connectivity index (χ3v) is 5.19. The monoisotopic (exact) mass is 656 g/mol. The molecular formula is C29H26K2N2O11. The number of nitrogens with zero attached hydrogens (tertiary/aromatic N) is 2. The predicted molar refractivity (Wildman–Crippen MR) is 146 cm³/mol. The van der Waals surface area contributed by atoms with Crippen molar-refractivity contribution in [2.75, 3.05) is 14.2 Å². The molecule has 44 heavy (non-hydrogen) atoms. The van der Waals surface area contributed by atoms with Crippen LogP contribution in [0, 0.1) is 20.2 Å². The molecule has 0 saturated heterocycles. The van der Waals surface area contributed by atoms with E-state index in [0.717, 1.165) is 11.1 Å². The fraction of sp³-hybridized carbons (Fsp3) is 0.138. The summed E-state index contributed by atoms with van der Waals surface area (Å²) in [7, 11) is 2.99. The van der Waals surface area contributed by atoms with Gasteiger partial charge in [0.15, 0.2) is 23.0 Å². The largest absolute Gasteiger partial charge is 1.00 e. The van der Waals surface area contributed by atoms with Crippen LogP contribution >= 0.6 is 0 Å². The molecule has 0 aliphatic rings. The molecule has 0 aromatic heterocycles. The van der Waals surface area contributed by atoms with Gasteiger partial charge < -0.3 is 34.0 Å². The molecule has 0 aliphatic carbocycles. The van der Waals surface area contributed by atoms with Crippen LogP contribution in [-0.4, -0.2) is 30.2 Å². The van der Waals surface area contributed by atoms with Crippen molar-refractivity contribution < 1.29 is 147 Å². The fourth-order valence-corrected chi connectivity index (χ4v) is 3.25. The summed E-state index contributed by atoms with van der Waals surface area (Å²) < 4.78 is 21.4. The number of nitro benzene ring substituents is 2. The summed E-state index contributed by atoms with van der Waals surface area (Å²) >= 11 is 0. The zero-order valence-electron chi connectivity index (χ0n) is 24.5. The average molecular weight is 657 g/mol. The van der Waals surface area contributed by atoms with Gasteiger partial charge in [0, 0.05) is 12.1 Å². The van der Waals surface area contributed by atoms with Crippen LogP contribution in [0.3, 0.4) is 0 Å². The molecule has 0 heterocycles. The second-order valence-corrected chi connectivity index (χ2v) is 7.98. The summed E-state index contributed by atoms with van der Waals surface area (Å²) in [5, 5.41) is 38.1. The summed E-state index contributed by atoms with van der Waals surface area (Å²) in [6.45, 7) is 0.663. The van der Waals surface area contributed by atoms with Crippen molar-refractivity contribution in [3.8, 4) is 23.0 Å². The van der Waals surface area contributed by atoms with Crippen molar-refractivity contribution >= 4 is 17.5 Å². The smallest absolute Gasteiger partial charge is 0.652 e. The number of hydrogen-bond acceptors (Lipinski definition) is 11. The standard InChI is InChI=1S/2C14H13NO4.CH2O3.2K/c2*1-18-13-8-7-12(15(16)17)9-14(13)19-10-11-5-3-2-4-6-11;2-1(3)4;;/h2*2-9H,10H2,1H3;(H2,2,3,4);;/q;;;2*+1/p-2. The molecule has 4 aromatic rings. The quantitative estimate of drug-likeness (QED) is 0.104. The minimum atomic E-state index is -2.33. The molecule has 0 N–H and O–H groups in total. The molecule has 0 fully saturated rings. The molecular weight excluding hydrogens is 631 g/mol. The van der Waals surface area contributed by atoms with Gasteiger partial charge in [-0.15, -0.1) is 0 Å². The zero-order chi connectivity index (χ0) is 30.9. The number of nitro groups is 2. The van der Waals surface area contributed by atoms with Crippen LogP contribution in [0.5, 0.6) is 23.0 Å². The van der Waals surface area contributed by atoms with Crippen LogP contribution < -0.4 is 132 Å². The minimum absolute atomic E-state index is 0. The van der Waals surface area contributed by atoms with Crippen LogP contribution in [-0.2, 0) is 13.2 Å². The van der Waals surface area contributed by atoms with Gasteiger partial charge >= 0.3 is 103 Å². The summed E-state index contributed by atoms with van der Waals surface area (Å²) in [5.74, 6) is 1.67. The van der Waals surface area contributed by atoms with E-state index in [4.69, 9.17) is 34.0 Å². The van der Waals surface area contributed by atoms with E-state index in [1.54, 1.807) is 0 Å². The van der Waals surface area contributed by atoms with Gasteiger partial charge in [0.25, 0.3) is 11.4 Å². The number of benzene rings is 4. The number of ether oxygens (including phenoxy) is 4. The molecule has 0 radical (unpaired) electrons. The molecule has 0 atom stereocenters. The molecule has 220 valence electrons. The molecule has 0 spiro atoms. The van der Waals surface area contributed by atoms with Crippen molar-refractivity contribution in [2.24, 2.45) is 0 Å². The SMILES string of the molecule is COc1ccc([N+](=O)[O-])cc1OCc1ccccc1.COc1ccc([N+](=O)[O-])cc1OCc1ccccc1.O=C([O-])[O-].[K+].[K+]. The number of hydrogen-bond donors (Lipinski definition) is 0. The molecule has 0 bridgehead atoms. The summed E-state index contributed by atoms with van der Waals surface area (Å²) in [6.07, 6.45) is -2.33. The molecule has 0 saturated carbocycles. The number of non-ortho nitro benzene ring substituents is 2. The molecule has 13 nitrogen and oxygen atoms in total. The molecule has 4 aromatic carbocycles. The second-order valence-electron chi connectivity index (χ2n) is 7.98. The first-order chi connectivity index (χ1) is 20.1. The Labute approximate surface area is 338 Å². The Bertz CT molecular complexity index is 1350. The van der Waals surface area contributed by atoms with E-state index < -0.39 is 16.0 Å². The Morgan fingerprint density at radius 3 is 1.18 bits per heavy atom. The van der Waals surface area contributed by atoms with Gasteiger partial charge in [0.1, 0.15) is 13.2 Å². The number of carbonyl (C=O) groups is 1. The minimum Gasteiger partial charge on any atom is -0.652 e. The van der Waals surface area contributed by atoms with E-state index in [1.165, 1.54) is 50.6 Å². The Morgan fingerprint density at radius 2 is 0.909 bits per heavy atom. The first-order valence-electron chi connectivity index (χ1n) is 12.0. The van der Waals surface area contributed by atoms with Crippen LogP contribution in [0.15, 0.2) is 97.1 Å². The van der Waals surface area contributed by atoms with Gasteiger partial charge in [-0.3, -0.25) is 20.2 Å². The number of rotatable bonds is 10. The third kappa shape index (κ3) is 15.4. The normalized spacial score (nSPS) is 9.14. The summed E-state index contributed by atoms with van der Waals surface area (Å²) in [6, 6.07) is 27.7. The van der Waals surface area contributed by atoms with E-state index in [-0.39, 0.29) is 114 Å². The van der Waals surface area contributed by atoms with Crippen molar-refractivity contribution in [1.29, 1.82) is 0 Å². The zero-order valence-corrected chi connectivity index (χ0v) is 30.8. The molecule has 0 aliphatic heterocycles. The molecule has 4 rings (SSSR count). The van der Waals surface area contributed by atoms with Crippen molar-refractivity contribution in [3.63, 3.8) is 0 Å². The average Bonchev–Trinajstić information content (AvgIpc) is 2.99. The molecule has 15 heteroatoms. The Morgan fingerprint density at radius 1 is 0.591 bits per heavy atom. The Hall–Kier alpha value is -2.58. The second kappa shape index (κ2) is 22.9. The van der Waals surface area contributed by atoms with Crippen molar-refractivity contribution in [2.45, 2.75) is 13.2 Å². The molecule has 0 unspecified atom stereocenters. The first kappa shape index (κ1) is 41.4. The van der Waals surface area contributed by atoms with Crippen LogP contribution in [0.1, 0.15) is 11.1 Å². The van der Waals surface area contributed by atoms with E-state index in [0.29, 0.717) is 36.2 Å². The summed E-state index contributed by atoms with van der Waals surface area (Å²) in [4.78, 5) is 28.9. The van der Waals surface area contributed by atoms with Crippen molar-refractivity contribution in [1.82, 2.24) is 0 Å². The van der Waals surface area contributed by atoms with Crippen molar-refractivity contribution in [3.05, 3.63) is 128 Å². The van der Waals surface area contributed by atoms with E-state index >= 15 is 0 Å². The maximum atomic E-state index is 10.7. The topological polar surface area (TPSA) is 186 Å². The van der Waals surface area contributed by atoms with Crippen LogP contribution in [0.4, 0.5) is 16.2 Å². The third-order valence-electron chi connectivity index (χ3n) is 5.19. The predicted octanol–water partition coefficient (Wildman–Crippen LogP) is -2.07. The molecule has 0 amide bonds. The number of methoxy groups -OCH3 is 2. The van der Waals surface area contributed by atoms with Gasteiger partial charge in [-0.25, -0.2) is 0 Å². The van der Waals surface area contributed by atoms with Gasteiger partial charge in [-0.1, -0.05) is 60.7 Å². The Balaban J connectivity index is 0.000000720. The maximum absolute atomic E-state index is 10.7. The van der Waals surface area contributed by atoms with E-state index in [2.05, 4.69) is 0 Å².